The highest BCUT2D eigenvalue weighted by Gasteiger charge is 2.35. The zero-order valence-electron chi connectivity index (χ0n) is 17.6. The van der Waals surface area contributed by atoms with E-state index in [-0.39, 0.29) is 5.91 Å². The number of hydrogen-bond acceptors (Lipinski definition) is 4. The number of para-hydroxylation sites is 1. The van der Waals surface area contributed by atoms with Crippen molar-refractivity contribution in [2.24, 2.45) is 0 Å². The fourth-order valence-electron chi connectivity index (χ4n) is 3.92. The predicted octanol–water partition coefficient (Wildman–Crippen LogP) is 3.54. The highest BCUT2D eigenvalue weighted by atomic mass is 35.5. The lowest BCUT2D eigenvalue weighted by Crippen LogP contribution is -2.56. The predicted molar refractivity (Wildman–Crippen MR) is 123 cm³/mol. The molecule has 3 rings (SSSR count). The van der Waals surface area contributed by atoms with Crippen LogP contribution in [-0.2, 0) is 14.8 Å². The van der Waals surface area contributed by atoms with Crippen LogP contribution in [0.15, 0.2) is 48.5 Å². The van der Waals surface area contributed by atoms with E-state index in [1.54, 1.807) is 29.2 Å². The van der Waals surface area contributed by atoms with Crippen molar-refractivity contribution in [2.75, 3.05) is 41.6 Å². The lowest BCUT2D eigenvalue weighted by atomic mass is 10.1. The fourth-order valence-corrected chi connectivity index (χ4v) is 5.29. The first-order chi connectivity index (χ1) is 14.2. The molecule has 0 aromatic heterocycles. The third-order valence-corrected chi connectivity index (χ3v) is 6.84. The Labute approximate surface area is 184 Å². The van der Waals surface area contributed by atoms with Gasteiger partial charge in [-0.25, -0.2) is 8.42 Å². The number of anilines is 2. The van der Waals surface area contributed by atoms with E-state index < -0.39 is 16.1 Å². The van der Waals surface area contributed by atoms with E-state index in [1.165, 1.54) is 4.31 Å². The van der Waals surface area contributed by atoms with Crippen molar-refractivity contribution in [1.82, 2.24) is 4.90 Å². The van der Waals surface area contributed by atoms with E-state index in [2.05, 4.69) is 4.90 Å². The average Bonchev–Trinajstić information content (AvgIpc) is 2.73. The molecule has 1 atom stereocenters. The summed E-state index contributed by atoms with van der Waals surface area (Å²) in [5.41, 5.74) is 2.72. The van der Waals surface area contributed by atoms with E-state index >= 15 is 0 Å². The Balaban J connectivity index is 1.77. The number of sulfonamides is 1. The van der Waals surface area contributed by atoms with Crippen LogP contribution in [-0.4, -0.2) is 57.7 Å². The molecule has 2 aromatic carbocycles. The molecule has 8 heteroatoms. The largest absolute Gasteiger partial charge is 0.368 e. The first kappa shape index (κ1) is 22.4. The molecule has 0 saturated carbocycles. The van der Waals surface area contributed by atoms with Gasteiger partial charge in [0.2, 0.25) is 15.9 Å². The summed E-state index contributed by atoms with van der Waals surface area (Å²) in [5, 5.41) is 0.687. The van der Waals surface area contributed by atoms with Crippen molar-refractivity contribution >= 4 is 38.9 Å². The minimum absolute atomic E-state index is 0.158. The van der Waals surface area contributed by atoms with E-state index in [1.807, 2.05) is 38.1 Å². The van der Waals surface area contributed by atoms with Gasteiger partial charge in [-0.05, 0) is 43.2 Å². The summed E-state index contributed by atoms with van der Waals surface area (Å²) in [5.74, 6) is -0.158. The van der Waals surface area contributed by atoms with E-state index in [4.69, 9.17) is 11.6 Å². The van der Waals surface area contributed by atoms with Gasteiger partial charge >= 0.3 is 0 Å². The van der Waals surface area contributed by atoms with E-state index in [9.17, 15) is 13.2 Å². The summed E-state index contributed by atoms with van der Waals surface area (Å²) in [7, 11) is -3.62. The molecule has 1 heterocycles. The van der Waals surface area contributed by atoms with Crippen LogP contribution in [0.25, 0.3) is 0 Å². The Morgan fingerprint density at radius 2 is 1.73 bits per heavy atom. The summed E-state index contributed by atoms with van der Waals surface area (Å²) in [6, 6.07) is 13.9. The second-order valence-corrected chi connectivity index (χ2v) is 9.86. The second kappa shape index (κ2) is 9.27. The highest BCUT2D eigenvalue weighted by Crippen LogP contribution is 2.27. The van der Waals surface area contributed by atoms with Crippen LogP contribution in [0.5, 0.6) is 0 Å². The van der Waals surface area contributed by atoms with Gasteiger partial charge in [0.05, 0.1) is 11.9 Å². The number of nitrogens with zero attached hydrogens (tertiary/aromatic N) is 3. The molecule has 1 fully saturated rings. The van der Waals surface area contributed by atoms with E-state index in [0.717, 1.165) is 17.5 Å². The lowest BCUT2D eigenvalue weighted by Gasteiger charge is -2.40. The molecule has 1 amide bonds. The lowest BCUT2D eigenvalue weighted by molar-refractivity contribution is -0.132. The number of benzene rings is 2. The van der Waals surface area contributed by atoms with Crippen LogP contribution in [0, 0.1) is 6.92 Å². The van der Waals surface area contributed by atoms with Crippen LogP contribution in [0.4, 0.5) is 11.4 Å². The van der Waals surface area contributed by atoms with Crippen molar-refractivity contribution in [3.8, 4) is 0 Å². The van der Waals surface area contributed by atoms with Crippen LogP contribution < -0.4 is 9.21 Å². The highest BCUT2D eigenvalue weighted by molar-refractivity contribution is 7.92. The average molecular weight is 450 g/mol. The van der Waals surface area contributed by atoms with Gasteiger partial charge < -0.3 is 9.80 Å². The maximum absolute atomic E-state index is 13.3. The topological polar surface area (TPSA) is 60.9 Å². The molecule has 1 aliphatic heterocycles. The molecule has 0 aliphatic carbocycles. The summed E-state index contributed by atoms with van der Waals surface area (Å²) in [4.78, 5) is 17.3. The Morgan fingerprint density at radius 3 is 2.30 bits per heavy atom. The number of aryl methyl sites for hydroxylation is 1. The maximum Gasteiger partial charge on any atom is 0.246 e. The van der Waals surface area contributed by atoms with Crippen molar-refractivity contribution in [1.29, 1.82) is 0 Å². The molecular formula is C22H28ClN3O3S. The number of halogens is 1. The second-order valence-electron chi connectivity index (χ2n) is 7.56. The number of carbonyl (C=O) groups excluding carboxylic acids is 1. The van der Waals surface area contributed by atoms with Crippen molar-refractivity contribution < 1.29 is 13.2 Å². The Bertz CT molecular complexity index is 990. The van der Waals surface area contributed by atoms with Crippen molar-refractivity contribution in [3.63, 3.8) is 0 Å². The Morgan fingerprint density at radius 1 is 1.10 bits per heavy atom. The SMILES string of the molecule is CC[C@@H](C(=O)N1CCN(c2cc(Cl)ccc2C)CC1)N(c1ccccc1)S(C)(=O)=O. The molecule has 0 N–H and O–H groups in total. The molecule has 0 unspecified atom stereocenters. The number of carbonyl (C=O) groups is 1. The van der Waals surface area contributed by atoms with Crippen LogP contribution in [0.3, 0.4) is 0 Å². The molecule has 1 aliphatic rings. The van der Waals surface area contributed by atoms with Gasteiger partial charge in [0.25, 0.3) is 0 Å². The minimum Gasteiger partial charge on any atom is -0.368 e. The Kier molecular flexibility index (Phi) is 6.93. The van der Waals surface area contributed by atoms with E-state index in [0.29, 0.717) is 43.3 Å². The van der Waals surface area contributed by atoms with Crippen LogP contribution in [0.1, 0.15) is 18.9 Å². The zero-order chi connectivity index (χ0) is 21.9. The third kappa shape index (κ3) is 4.90. The first-order valence-electron chi connectivity index (χ1n) is 10.1. The standard InChI is InChI=1S/C22H28ClN3O3S/c1-4-20(26(30(3,28)29)19-8-6-5-7-9-19)22(27)25-14-12-24(13-15-25)21-16-18(23)11-10-17(21)2/h5-11,16,20H,4,12-15H2,1-3H3/t20-/m0/s1. The molecule has 0 spiro atoms. The van der Waals surface area contributed by atoms with Gasteiger partial charge in [-0.2, -0.15) is 0 Å². The summed E-state index contributed by atoms with van der Waals surface area (Å²) in [6.45, 7) is 6.30. The molecule has 2 aromatic rings. The Hall–Kier alpha value is -2.25. The molecule has 0 radical (unpaired) electrons. The smallest absolute Gasteiger partial charge is 0.246 e. The van der Waals surface area contributed by atoms with Gasteiger partial charge in [-0.1, -0.05) is 42.8 Å². The quantitative estimate of drug-likeness (QED) is 0.676. The third-order valence-electron chi connectivity index (χ3n) is 5.43. The number of hydrogen-bond donors (Lipinski definition) is 0. The summed E-state index contributed by atoms with van der Waals surface area (Å²) < 4.78 is 26.4. The van der Waals surface area contributed by atoms with Gasteiger partial charge in [0.15, 0.2) is 0 Å². The maximum atomic E-state index is 13.3. The summed E-state index contributed by atoms with van der Waals surface area (Å²) in [6.07, 6.45) is 1.55. The van der Waals surface area contributed by atoms with Gasteiger partial charge in [0.1, 0.15) is 6.04 Å². The van der Waals surface area contributed by atoms with Crippen LogP contribution >= 0.6 is 11.6 Å². The molecule has 162 valence electrons. The molecule has 6 nitrogen and oxygen atoms in total. The van der Waals surface area contributed by atoms with Gasteiger partial charge in [0, 0.05) is 36.9 Å². The first-order valence-corrected chi connectivity index (χ1v) is 12.3. The number of piperazine rings is 1. The normalized spacial score (nSPS) is 15.7. The molecular weight excluding hydrogens is 422 g/mol. The minimum atomic E-state index is -3.62. The van der Waals surface area contributed by atoms with Crippen LogP contribution in [0.2, 0.25) is 5.02 Å². The monoisotopic (exact) mass is 449 g/mol. The van der Waals surface area contributed by atoms with Crippen molar-refractivity contribution in [3.05, 3.63) is 59.1 Å². The molecule has 1 saturated heterocycles. The molecule has 0 bridgehead atoms. The fraction of sp³-hybridized carbons (Fsp3) is 0.409. The van der Waals surface area contributed by atoms with Crippen molar-refractivity contribution in [2.45, 2.75) is 26.3 Å². The zero-order valence-corrected chi connectivity index (χ0v) is 19.2. The molecule has 30 heavy (non-hydrogen) atoms. The number of rotatable bonds is 6. The van der Waals surface area contributed by atoms with Gasteiger partial charge in [-0.3, -0.25) is 9.10 Å². The number of amides is 1. The summed E-state index contributed by atoms with van der Waals surface area (Å²) >= 11 is 6.16. The van der Waals surface area contributed by atoms with Gasteiger partial charge in [-0.15, -0.1) is 0 Å².